The molecule has 0 aromatic heterocycles. The largest absolute Gasteiger partial charge is 0.508 e. The Morgan fingerprint density at radius 2 is 2.00 bits per heavy atom. The Hall–Kier alpha value is -2.66. The highest BCUT2D eigenvalue weighted by Crippen LogP contribution is 2.55. The molecule has 25 heavy (non-hydrogen) atoms. The van der Waals surface area contributed by atoms with E-state index < -0.39 is 11.7 Å². The van der Waals surface area contributed by atoms with Gasteiger partial charge in [0.25, 0.3) is 0 Å². The zero-order valence-corrected chi connectivity index (χ0v) is 13.8. The quantitative estimate of drug-likeness (QED) is 0.783. The van der Waals surface area contributed by atoms with Gasteiger partial charge in [0.15, 0.2) is 11.7 Å². The molecule has 0 bridgehead atoms. The standard InChI is InChI=1S/C20H18O5/c1-10(2)15-6-11-5-13-17(8-16(11)24-15)23-9-20(22)14-4-3-12(21)7-18(14)25-19(13)20/h3-5,7-8,15,19,21-22H,1,6,9H2,2H3/t15-,19-,20+/m0/s1. The number of fused-ring (bicyclic) bond motifs is 6. The first-order chi connectivity index (χ1) is 12.0. The first-order valence-electron chi connectivity index (χ1n) is 8.30. The zero-order valence-electron chi connectivity index (χ0n) is 13.8. The molecule has 2 N–H and O–H groups in total. The number of hydrogen-bond donors (Lipinski definition) is 2. The van der Waals surface area contributed by atoms with E-state index in [1.54, 1.807) is 12.1 Å². The molecule has 0 amide bonds. The van der Waals surface area contributed by atoms with Crippen LogP contribution in [0.25, 0.3) is 0 Å². The number of hydrogen-bond acceptors (Lipinski definition) is 5. The molecule has 0 radical (unpaired) electrons. The first-order valence-corrected chi connectivity index (χ1v) is 8.30. The SMILES string of the molecule is C=C(C)[C@@H]1Cc2cc3c(cc2O1)OC[C@@]1(O)c2ccc(O)cc2O[C@@H]31. The third-order valence-corrected chi connectivity index (χ3v) is 5.26. The summed E-state index contributed by atoms with van der Waals surface area (Å²) in [7, 11) is 0. The number of benzene rings is 2. The lowest BCUT2D eigenvalue weighted by Crippen LogP contribution is -2.41. The van der Waals surface area contributed by atoms with E-state index in [2.05, 4.69) is 6.58 Å². The van der Waals surface area contributed by atoms with Gasteiger partial charge in [-0.15, -0.1) is 0 Å². The lowest BCUT2D eigenvalue weighted by molar-refractivity contribution is -0.0864. The molecule has 0 saturated heterocycles. The fourth-order valence-corrected chi connectivity index (χ4v) is 3.89. The third kappa shape index (κ3) is 1.93. The second kappa shape index (κ2) is 4.70. The highest BCUT2D eigenvalue weighted by atomic mass is 16.5. The van der Waals surface area contributed by atoms with Crippen molar-refractivity contribution >= 4 is 0 Å². The Morgan fingerprint density at radius 1 is 1.16 bits per heavy atom. The lowest BCUT2D eigenvalue weighted by atomic mass is 9.84. The van der Waals surface area contributed by atoms with Crippen molar-refractivity contribution in [2.75, 3.05) is 6.61 Å². The number of ether oxygens (including phenoxy) is 3. The molecule has 3 aliphatic rings. The smallest absolute Gasteiger partial charge is 0.168 e. The van der Waals surface area contributed by atoms with E-state index in [0.29, 0.717) is 17.1 Å². The monoisotopic (exact) mass is 338 g/mol. The van der Waals surface area contributed by atoms with Gasteiger partial charge in [-0.25, -0.2) is 0 Å². The Labute approximate surface area is 145 Å². The van der Waals surface area contributed by atoms with Crippen LogP contribution in [0.4, 0.5) is 0 Å². The van der Waals surface area contributed by atoms with Crippen molar-refractivity contribution in [1.82, 2.24) is 0 Å². The Kier molecular flexibility index (Phi) is 2.76. The van der Waals surface area contributed by atoms with E-state index >= 15 is 0 Å². The molecule has 0 fully saturated rings. The van der Waals surface area contributed by atoms with Gasteiger partial charge in [-0.2, -0.15) is 0 Å². The van der Waals surface area contributed by atoms with E-state index in [4.69, 9.17) is 14.2 Å². The van der Waals surface area contributed by atoms with Gasteiger partial charge in [0.2, 0.25) is 0 Å². The van der Waals surface area contributed by atoms with Crippen molar-refractivity contribution in [3.8, 4) is 23.0 Å². The Bertz CT molecular complexity index is 919. The minimum absolute atomic E-state index is 0.0311. The number of rotatable bonds is 1. The van der Waals surface area contributed by atoms with Gasteiger partial charge in [-0.1, -0.05) is 6.58 Å². The first kappa shape index (κ1) is 14.7. The highest BCUT2D eigenvalue weighted by molar-refractivity contribution is 5.56. The lowest BCUT2D eigenvalue weighted by Gasteiger charge is -2.35. The topological polar surface area (TPSA) is 68.2 Å². The van der Waals surface area contributed by atoms with Crippen molar-refractivity contribution in [1.29, 1.82) is 0 Å². The Morgan fingerprint density at radius 3 is 2.80 bits per heavy atom. The van der Waals surface area contributed by atoms with Gasteiger partial charge in [-0.3, -0.25) is 0 Å². The highest BCUT2D eigenvalue weighted by Gasteiger charge is 2.53. The number of aromatic hydroxyl groups is 1. The summed E-state index contributed by atoms with van der Waals surface area (Å²) in [5.41, 5.74) is 2.21. The van der Waals surface area contributed by atoms with Crippen molar-refractivity contribution in [2.24, 2.45) is 0 Å². The van der Waals surface area contributed by atoms with Crippen LogP contribution >= 0.6 is 0 Å². The van der Waals surface area contributed by atoms with Crippen LogP contribution < -0.4 is 14.2 Å². The van der Waals surface area contributed by atoms with Crippen LogP contribution in [-0.2, 0) is 12.0 Å². The molecule has 0 aliphatic carbocycles. The van der Waals surface area contributed by atoms with Crippen LogP contribution in [0.2, 0.25) is 0 Å². The van der Waals surface area contributed by atoms with Gasteiger partial charge in [0.1, 0.15) is 35.7 Å². The van der Waals surface area contributed by atoms with Crippen molar-refractivity contribution in [3.05, 3.63) is 59.2 Å². The van der Waals surface area contributed by atoms with Crippen LogP contribution in [0.15, 0.2) is 42.5 Å². The van der Waals surface area contributed by atoms with E-state index in [-0.39, 0.29) is 18.5 Å². The third-order valence-electron chi connectivity index (χ3n) is 5.26. The van der Waals surface area contributed by atoms with Crippen LogP contribution in [0.5, 0.6) is 23.0 Å². The molecule has 2 aromatic rings. The van der Waals surface area contributed by atoms with E-state index in [0.717, 1.165) is 28.9 Å². The Balaban J connectivity index is 1.59. The maximum Gasteiger partial charge on any atom is 0.168 e. The van der Waals surface area contributed by atoms with Gasteiger partial charge < -0.3 is 24.4 Å². The van der Waals surface area contributed by atoms with E-state index in [9.17, 15) is 10.2 Å². The summed E-state index contributed by atoms with van der Waals surface area (Å²) in [5.74, 6) is 2.05. The van der Waals surface area contributed by atoms with Crippen molar-refractivity contribution in [2.45, 2.75) is 31.2 Å². The molecule has 3 aliphatic heterocycles. The summed E-state index contributed by atoms with van der Waals surface area (Å²) in [6, 6.07) is 8.63. The summed E-state index contributed by atoms with van der Waals surface area (Å²) in [6.07, 6.45) is 0.148. The predicted molar refractivity (Wildman–Crippen MR) is 90.2 cm³/mol. The molecule has 0 unspecified atom stereocenters. The summed E-state index contributed by atoms with van der Waals surface area (Å²) in [6.45, 7) is 6.01. The summed E-state index contributed by atoms with van der Waals surface area (Å²) in [4.78, 5) is 0. The summed E-state index contributed by atoms with van der Waals surface area (Å²) < 4.78 is 17.8. The second-order valence-electron chi connectivity index (χ2n) is 7.05. The molecule has 5 nitrogen and oxygen atoms in total. The average molecular weight is 338 g/mol. The van der Waals surface area contributed by atoms with Gasteiger partial charge in [0.05, 0.1) is 0 Å². The predicted octanol–water partition coefficient (Wildman–Crippen LogP) is 2.99. The normalized spacial score (nSPS) is 27.9. The minimum Gasteiger partial charge on any atom is -0.508 e. The maximum absolute atomic E-state index is 11.2. The molecule has 5 rings (SSSR count). The summed E-state index contributed by atoms with van der Waals surface area (Å²) >= 11 is 0. The van der Waals surface area contributed by atoms with Gasteiger partial charge >= 0.3 is 0 Å². The number of aliphatic hydroxyl groups is 1. The van der Waals surface area contributed by atoms with Crippen LogP contribution in [0, 0.1) is 0 Å². The molecular weight excluding hydrogens is 320 g/mol. The zero-order chi connectivity index (χ0) is 17.3. The molecule has 0 saturated carbocycles. The molecule has 5 heteroatoms. The molecule has 2 aromatic carbocycles. The van der Waals surface area contributed by atoms with E-state index in [1.807, 2.05) is 19.1 Å². The van der Waals surface area contributed by atoms with Crippen LogP contribution in [0.1, 0.15) is 29.7 Å². The summed E-state index contributed by atoms with van der Waals surface area (Å²) in [5, 5.41) is 20.9. The average Bonchev–Trinajstić information content (AvgIpc) is 3.11. The number of phenolic OH excluding ortho intramolecular Hbond substituents is 1. The molecule has 3 heterocycles. The fraction of sp³-hybridized carbons (Fsp3) is 0.300. The van der Waals surface area contributed by atoms with Crippen LogP contribution in [0.3, 0.4) is 0 Å². The van der Waals surface area contributed by atoms with Gasteiger partial charge in [-0.05, 0) is 36.3 Å². The van der Waals surface area contributed by atoms with Crippen molar-refractivity contribution < 1.29 is 24.4 Å². The molecule has 3 atom stereocenters. The van der Waals surface area contributed by atoms with Crippen molar-refractivity contribution in [3.63, 3.8) is 0 Å². The minimum atomic E-state index is -1.27. The maximum atomic E-state index is 11.2. The second-order valence-corrected chi connectivity index (χ2v) is 7.05. The van der Waals surface area contributed by atoms with Crippen LogP contribution in [-0.4, -0.2) is 22.9 Å². The van der Waals surface area contributed by atoms with E-state index in [1.165, 1.54) is 6.07 Å². The number of phenols is 1. The molecular formula is C20H18O5. The molecule has 128 valence electrons. The van der Waals surface area contributed by atoms with Gasteiger partial charge in [0, 0.05) is 29.7 Å². The molecule has 0 spiro atoms. The fourth-order valence-electron chi connectivity index (χ4n) is 3.89.